The van der Waals surface area contributed by atoms with E-state index in [1.807, 2.05) is 6.92 Å². The second kappa shape index (κ2) is 7.02. The van der Waals surface area contributed by atoms with Crippen LogP contribution in [0.4, 0.5) is 0 Å². The number of methoxy groups -OCH3 is 1. The molecule has 2 aliphatic carbocycles. The van der Waals surface area contributed by atoms with Crippen molar-refractivity contribution in [2.45, 2.75) is 75.7 Å². The fraction of sp³-hybridized carbons (Fsp3) is 1.00. The van der Waals surface area contributed by atoms with Crippen LogP contribution in [-0.4, -0.2) is 49.2 Å². The van der Waals surface area contributed by atoms with Crippen LogP contribution in [0.1, 0.15) is 51.9 Å². The Morgan fingerprint density at radius 3 is 2.47 bits per heavy atom. The highest BCUT2D eigenvalue weighted by Crippen LogP contribution is 2.30. The number of rotatable bonds is 6. The Bertz CT molecular complexity index is 264. The lowest BCUT2D eigenvalue weighted by Crippen LogP contribution is -2.61. The minimum Gasteiger partial charge on any atom is -0.389 e. The highest BCUT2D eigenvalue weighted by Gasteiger charge is 2.43. The largest absolute Gasteiger partial charge is 0.389 e. The van der Waals surface area contributed by atoms with Gasteiger partial charge in [0.25, 0.3) is 0 Å². The average Bonchev–Trinajstić information content (AvgIpc) is 2.59. The van der Waals surface area contributed by atoms with Gasteiger partial charge in [-0.25, -0.2) is 0 Å². The molecule has 112 valence electrons. The minimum atomic E-state index is -0.508. The Morgan fingerprint density at radius 1 is 1.21 bits per heavy atom. The van der Waals surface area contributed by atoms with Crippen LogP contribution in [0.25, 0.3) is 0 Å². The first-order valence-electron chi connectivity index (χ1n) is 7.79. The van der Waals surface area contributed by atoms with Crippen molar-refractivity contribution >= 4 is 0 Å². The molecule has 0 spiro atoms. The molecular weight excluding hydrogens is 242 g/mol. The van der Waals surface area contributed by atoms with E-state index in [-0.39, 0.29) is 12.2 Å². The molecule has 0 heterocycles. The molecule has 0 radical (unpaired) electrons. The summed E-state index contributed by atoms with van der Waals surface area (Å²) in [6.45, 7) is 3.44. The number of hydrogen-bond donors (Lipinski definition) is 2. The summed E-state index contributed by atoms with van der Waals surface area (Å²) in [7, 11) is 1.74. The van der Waals surface area contributed by atoms with Gasteiger partial charge in [-0.15, -0.1) is 0 Å². The van der Waals surface area contributed by atoms with E-state index in [9.17, 15) is 5.11 Å². The molecule has 0 bridgehead atoms. The number of aliphatic hydroxyl groups is 1. The molecule has 2 fully saturated rings. The average molecular weight is 271 g/mol. The van der Waals surface area contributed by atoms with Crippen molar-refractivity contribution in [3.05, 3.63) is 0 Å². The normalized spacial score (nSPS) is 34.6. The van der Waals surface area contributed by atoms with E-state index in [1.165, 1.54) is 12.8 Å². The van der Waals surface area contributed by atoms with Gasteiger partial charge >= 0.3 is 0 Å². The van der Waals surface area contributed by atoms with Crippen LogP contribution < -0.4 is 5.32 Å². The van der Waals surface area contributed by atoms with Gasteiger partial charge in [0.05, 0.1) is 17.8 Å². The van der Waals surface area contributed by atoms with Gasteiger partial charge in [-0.2, -0.15) is 0 Å². The molecule has 0 aromatic rings. The molecule has 2 saturated carbocycles. The van der Waals surface area contributed by atoms with Crippen molar-refractivity contribution in [3.8, 4) is 0 Å². The summed E-state index contributed by atoms with van der Waals surface area (Å²) in [5.41, 5.74) is -0.508. The first-order chi connectivity index (χ1) is 9.18. The van der Waals surface area contributed by atoms with Crippen molar-refractivity contribution in [1.82, 2.24) is 5.32 Å². The van der Waals surface area contributed by atoms with Gasteiger partial charge in [0, 0.05) is 26.3 Å². The lowest BCUT2D eigenvalue weighted by molar-refractivity contribution is -0.134. The van der Waals surface area contributed by atoms with Crippen molar-refractivity contribution in [2.75, 3.05) is 20.3 Å². The fourth-order valence-electron chi connectivity index (χ4n) is 3.36. The molecule has 2 aliphatic rings. The lowest BCUT2D eigenvalue weighted by atomic mass is 9.84. The maximum Gasteiger partial charge on any atom is 0.0986 e. The Hall–Kier alpha value is -0.160. The molecule has 0 saturated heterocycles. The van der Waals surface area contributed by atoms with Gasteiger partial charge in [0.2, 0.25) is 0 Å². The first-order valence-corrected chi connectivity index (χ1v) is 7.79. The molecule has 0 aliphatic heterocycles. The Kier molecular flexibility index (Phi) is 5.63. The van der Waals surface area contributed by atoms with Crippen molar-refractivity contribution in [3.63, 3.8) is 0 Å². The molecule has 0 aromatic carbocycles. The highest BCUT2D eigenvalue weighted by molar-refractivity contribution is 4.98. The summed E-state index contributed by atoms with van der Waals surface area (Å²) in [5, 5.41) is 14.1. The Labute approximate surface area is 116 Å². The van der Waals surface area contributed by atoms with Crippen LogP contribution in [0.15, 0.2) is 0 Å². The third-order valence-electron chi connectivity index (χ3n) is 4.63. The van der Waals surface area contributed by atoms with Gasteiger partial charge in [-0.1, -0.05) is 25.7 Å². The van der Waals surface area contributed by atoms with E-state index in [1.54, 1.807) is 7.11 Å². The van der Waals surface area contributed by atoms with Crippen LogP contribution in [-0.2, 0) is 9.47 Å². The molecule has 2 N–H and O–H groups in total. The summed E-state index contributed by atoms with van der Waals surface area (Å²) in [6.07, 6.45) is 8.03. The number of ether oxygens (including phenoxy) is 2. The maximum atomic E-state index is 10.6. The molecule has 4 heteroatoms. The molecule has 0 amide bonds. The lowest BCUT2D eigenvalue weighted by Gasteiger charge is -2.44. The zero-order valence-corrected chi connectivity index (χ0v) is 12.4. The summed E-state index contributed by atoms with van der Waals surface area (Å²) in [4.78, 5) is 0. The molecular formula is C15H29NO3. The fourth-order valence-corrected chi connectivity index (χ4v) is 3.36. The Morgan fingerprint density at radius 2 is 1.89 bits per heavy atom. The molecule has 2 rings (SSSR count). The quantitative estimate of drug-likeness (QED) is 0.724. The van der Waals surface area contributed by atoms with E-state index in [2.05, 4.69) is 5.32 Å². The van der Waals surface area contributed by atoms with Gasteiger partial charge in [-0.05, 0) is 26.2 Å². The summed E-state index contributed by atoms with van der Waals surface area (Å²) in [6, 6.07) is 0.328. The predicted molar refractivity (Wildman–Crippen MR) is 75.3 cm³/mol. The highest BCUT2D eigenvalue weighted by atomic mass is 16.5. The minimum absolute atomic E-state index is 0.134. The molecule has 19 heavy (non-hydrogen) atoms. The van der Waals surface area contributed by atoms with Crippen molar-refractivity contribution < 1.29 is 14.6 Å². The van der Waals surface area contributed by atoms with E-state index >= 15 is 0 Å². The zero-order valence-electron chi connectivity index (χ0n) is 12.4. The van der Waals surface area contributed by atoms with Crippen molar-refractivity contribution in [2.24, 2.45) is 0 Å². The van der Waals surface area contributed by atoms with Crippen LogP contribution in [0.2, 0.25) is 0 Å². The van der Waals surface area contributed by atoms with E-state index in [0.29, 0.717) is 12.6 Å². The maximum absolute atomic E-state index is 10.6. The van der Waals surface area contributed by atoms with E-state index in [0.717, 1.165) is 38.7 Å². The zero-order chi connectivity index (χ0) is 13.7. The first kappa shape index (κ1) is 15.2. The smallest absolute Gasteiger partial charge is 0.0986 e. The molecule has 0 aromatic heterocycles. The van der Waals surface area contributed by atoms with Gasteiger partial charge in [0.1, 0.15) is 0 Å². The predicted octanol–water partition coefficient (Wildman–Crippen LogP) is 1.85. The Balaban J connectivity index is 1.75. The van der Waals surface area contributed by atoms with E-state index < -0.39 is 5.60 Å². The van der Waals surface area contributed by atoms with Crippen LogP contribution >= 0.6 is 0 Å². The van der Waals surface area contributed by atoms with Gasteiger partial charge < -0.3 is 19.9 Å². The van der Waals surface area contributed by atoms with Gasteiger partial charge in [0.15, 0.2) is 0 Å². The molecule has 4 nitrogen and oxygen atoms in total. The summed E-state index contributed by atoms with van der Waals surface area (Å²) in [5.74, 6) is 0. The van der Waals surface area contributed by atoms with Crippen LogP contribution in [0.5, 0.6) is 0 Å². The number of hydrogen-bond acceptors (Lipinski definition) is 4. The second-order valence-corrected chi connectivity index (χ2v) is 6.06. The monoisotopic (exact) mass is 271 g/mol. The number of nitrogens with one attached hydrogen (secondary N) is 1. The van der Waals surface area contributed by atoms with Crippen LogP contribution in [0, 0.1) is 0 Å². The topological polar surface area (TPSA) is 50.7 Å². The second-order valence-electron chi connectivity index (χ2n) is 6.06. The molecule has 3 atom stereocenters. The molecule has 3 unspecified atom stereocenters. The third-order valence-corrected chi connectivity index (χ3v) is 4.63. The third kappa shape index (κ3) is 3.91. The summed E-state index contributed by atoms with van der Waals surface area (Å²) >= 11 is 0. The van der Waals surface area contributed by atoms with Gasteiger partial charge in [-0.3, -0.25) is 0 Å². The standard InChI is InChI=1S/C15H29NO3/c1-3-19-13-10-12(14(13)18-2)16-11-15(17)8-6-4-5-7-9-15/h12-14,16-17H,3-11H2,1-2H3. The summed E-state index contributed by atoms with van der Waals surface area (Å²) < 4.78 is 11.1. The van der Waals surface area contributed by atoms with Crippen molar-refractivity contribution in [1.29, 1.82) is 0 Å². The van der Waals surface area contributed by atoms with Crippen LogP contribution in [0.3, 0.4) is 0 Å². The SMILES string of the molecule is CCOC1CC(NCC2(O)CCCCCC2)C1OC. The van der Waals surface area contributed by atoms with E-state index in [4.69, 9.17) is 9.47 Å².